The summed E-state index contributed by atoms with van der Waals surface area (Å²) in [4.78, 5) is 24.8. The molecular formula is C17H18ClF2N3O4. The van der Waals surface area contributed by atoms with Gasteiger partial charge in [-0.2, -0.15) is 0 Å². The molecule has 0 bridgehead atoms. The van der Waals surface area contributed by atoms with Crippen LogP contribution in [0.1, 0.15) is 25.3 Å². The van der Waals surface area contributed by atoms with E-state index in [2.05, 4.69) is 4.74 Å². The van der Waals surface area contributed by atoms with Crippen LogP contribution in [0.2, 0.25) is 0 Å². The first-order chi connectivity index (χ1) is 12.4. The minimum Gasteiger partial charge on any atom is -0.449 e. The molecule has 2 fully saturated rings. The first-order valence-corrected chi connectivity index (χ1v) is 8.35. The van der Waals surface area contributed by atoms with Gasteiger partial charge in [0, 0.05) is 25.2 Å². The lowest BCUT2D eigenvalue weighted by atomic mass is 10.1. The summed E-state index contributed by atoms with van der Waals surface area (Å²) < 4.78 is 35.9. The Bertz CT molecular complexity index is 977. The van der Waals surface area contributed by atoms with Crippen molar-refractivity contribution in [3.05, 3.63) is 34.1 Å². The molecule has 1 saturated carbocycles. The van der Waals surface area contributed by atoms with E-state index in [1.807, 2.05) is 0 Å². The molecule has 1 saturated heterocycles. The highest BCUT2D eigenvalue weighted by Crippen LogP contribution is 2.40. The Balaban J connectivity index is 0.00000210. The van der Waals surface area contributed by atoms with E-state index in [4.69, 9.17) is 10.8 Å². The Labute approximate surface area is 158 Å². The quantitative estimate of drug-likeness (QED) is 0.767. The van der Waals surface area contributed by atoms with Gasteiger partial charge in [0.1, 0.15) is 11.5 Å². The molecule has 1 aliphatic heterocycles. The minimum absolute atomic E-state index is 0. The predicted molar refractivity (Wildman–Crippen MR) is 97.1 cm³/mol. The Morgan fingerprint density at radius 3 is 2.56 bits per heavy atom. The molecule has 1 aromatic carbocycles. The van der Waals surface area contributed by atoms with Gasteiger partial charge in [0.15, 0.2) is 11.6 Å². The molecule has 1 atom stereocenters. The molecule has 2 aromatic rings. The third kappa shape index (κ3) is 3.32. The van der Waals surface area contributed by atoms with Gasteiger partial charge in [-0.05, 0) is 25.3 Å². The first-order valence-electron chi connectivity index (χ1n) is 8.35. The van der Waals surface area contributed by atoms with Gasteiger partial charge >= 0.3 is 6.16 Å². The molecule has 0 spiro atoms. The van der Waals surface area contributed by atoms with Crippen molar-refractivity contribution in [1.29, 1.82) is 0 Å². The monoisotopic (exact) mass is 401 g/mol. The summed E-state index contributed by atoms with van der Waals surface area (Å²) in [6, 6.07) is 0.706. The zero-order valence-electron chi connectivity index (χ0n) is 14.2. The van der Waals surface area contributed by atoms with Gasteiger partial charge in [-0.25, -0.2) is 13.6 Å². The average molecular weight is 402 g/mol. The van der Waals surface area contributed by atoms with E-state index >= 15 is 4.39 Å². The third-order valence-corrected chi connectivity index (χ3v) is 4.83. The van der Waals surface area contributed by atoms with Gasteiger partial charge in [-0.3, -0.25) is 4.79 Å². The highest BCUT2D eigenvalue weighted by molar-refractivity contribution is 5.86. The van der Waals surface area contributed by atoms with Crippen molar-refractivity contribution < 1.29 is 23.4 Å². The van der Waals surface area contributed by atoms with Crippen LogP contribution in [0.25, 0.3) is 10.9 Å². The van der Waals surface area contributed by atoms with Gasteiger partial charge in [0.2, 0.25) is 5.43 Å². The molecular weight excluding hydrogens is 384 g/mol. The molecule has 1 aliphatic carbocycles. The maximum Gasteiger partial charge on any atom is 0.511 e. The van der Waals surface area contributed by atoms with E-state index in [0.29, 0.717) is 19.5 Å². The van der Waals surface area contributed by atoms with Crippen LogP contribution in [0.4, 0.5) is 19.3 Å². The molecule has 7 nitrogen and oxygen atoms in total. The second kappa shape index (κ2) is 6.97. The number of nitrogens with two attached hydrogens (primary N) is 1. The maximum atomic E-state index is 15.3. The number of hydrogen-bond donors (Lipinski definition) is 2. The Kier molecular flexibility index (Phi) is 5.00. The van der Waals surface area contributed by atoms with Crippen molar-refractivity contribution in [2.45, 2.75) is 31.3 Å². The first kappa shape index (κ1) is 19.4. The van der Waals surface area contributed by atoms with E-state index in [1.165, 1.54) is 15.7 Å². The summed E-state index contributed by atoms with van der Waals surface area (Å²) in [6.45, 7) is 0.752. The lowest BCUT2D eigenvalue weighted by molar-refractivity contribution is 0.143. The minimum atomic E-state index is -1.66. The van der Waals surface area contributed by atoms with E-state index in [-0.39, 0.29) is 41.1 Å². The zero-order chi connectivity index (χ0) is 18.6. The molecule has 10 heteroatoms. The molecule has 27 heavy (non-hydrogen) atoms. The van der Waals surface area contributed by atoms with Gasteiger partial charge in [0.25, 0.3) is 0 Å². The fourth-order valence-corrected chi connectivity index (χ4v) is 3.49. The number of aromatic nitrogens is 1. The van der Waals surface area contributed by atoms with Crippen molar-refractivity contribution >= 4 is 35.2 Å². The summed E-state index contributed by atoms with van der Waals surface area (Å²) >= 11 is 0. The average Bonchev–Trinajstić information content (AvgIpc) is 3.32. The van der Waals surface area contributed by atoms with E-state index < -0.39 is 29.0 Å². The highest BCUT2D eigenvalue weighted by Gasteiger charge is 2.32. The standard InChI is InChI=1S/C17H17F2N3O4.ClH/c18-11-5-10-14(13(19)15(11)21-4-3-8(20)6-21)22(9-1-2-9)7-12(16(10)23)26-17(24)25;/h5,7-9H,1-4,6,20H2,(H,24,25);1H/t8-;/m0./s1. The van der Waals surface area contributed by atoms with Crippen molar-refractivity contribution in [2.75, 3.05) is 18.0 Å². The molecule has 2 heterocycles. The third-order valence-electron chi connectivity index (χ3n) is 4.83. The van der Waals surface area contributed by atoms with Gasteiger partial charge in [0.05, 0.1) is 17.1 Å². The SMILES string of the molecule is Cl.N[C@H]1CCN(c2c(F)cc3c(=O)c(OC(=O)O)cn(C4CC4)c3c2F)C1. The van der Waals surface area contributed by atoms with E-state index in [9.17, 15) is 14.0 Å². The van der Waals surface area contributed by atoms with E-state index in [1.54, 1.807) is 0 Å². The van der Waals surface area contributed by atoms with Gasteiger partial charge in [-0.1, -0.05) is 0 Å². The number of pyridine rings is 1. The van der Waals surface area contributed by atoms with Crippen LogP contribution in [0, 0.1) is 11.6 Å². The van der Waals surface area contributed by atoms with Gasteiger partial charge in [-0.15, -0.1) is 12.4 Å². The molecule has 1 aromatic heterocycles. The number of carboxylic acid groups (broad SMARTS) is 1. The molecule has 146 valence electrons. The normalized spacial score (nSPS) is 19.2. The number of hydrogen-bond acceptors (Lipinski definition) is 5. The Morgan fingerprint density at radius 1 is 1.30 bits per heavy atom. The number of nitrogens with zero attached hydrogens (tertiary/aromatic N) is 2. The summed E-state index contributed by atoms with van der Waals surface area (Å²) in [5.41, 5.74) is 4.74. The number of anilines is 1. The van der Waals surface area contributed by atoms with Crippen LogP contribution in [-0.2, 0) is 0 Å². The second-order valence-electron chi connectivity index (χ2n) is 6.74. The van der Waals surface area contributed by atoms with Crippen LogP contribution in [0.15, 0.2) is 17.1 Å². The summed E-state index contributed by atoms with van der Waals surface area (Å²) in [5, 5.41) is 8.56. The van der Waals surface area contributed by atoms with Crippen LogP contribution in [0.5, 0.6) is 5.75 Å². The summed E-state index contributed by atoms with van der Waals surface area (Å²) in [5.74, 6) is -2.18. The molecule has 4 rings (SSSR count). The maximum absolute atomic E-state index is 15.3. The van der Waals surface area contributed by atoms with Crippen LogP contribution < -0.4 is 20.8 Å². The van der Waals surface area contributed by atoms with Crippen LogP contribution >= 0.6 is 12.4 Å². The largest absolute Gasteiger partial charge is 0.511 e. The van der Waals surface area contributed by atoms with Crippen LogP contribution in [-0.4, -0.2) is 35.0 Å². The number of fused-ring (bicyclic) bond motifs is 1. The second-order valence-corrected chi connectivity index (χ2v) is 6.74. The van der Waals surface area contributed by atoms with E-state index in [0.717, 1.165) is 18.9 Å². The molecule has 0 radical (unpaired) electrons. The molecule has 3 N–H and O–H groups in total. The number of benzene rings is 1. The Hall–Kier alpha value is -2.39. The Morgan fingerprint density at radius 2 is 2.00 bits per heavy atom. The molecule has 0 unspecified atom stereocenters. The smallest absolute Gasteiger partial charge is 0.449 e. The van der Waals surface area contributed by atoms with Crippen molar-refractivity contribution in [3.8, 4) is 5.75 Å². The molecule has 0 amide bonds. The number of ether oxygens (including phenoxy) is 1. The fourth-order valence-electron chi connectivity index (χ4n) is 3.49. The number of carbonyl (C=O) groups is 1. The summed E-state index contributed by atoms with van der Waals surface area (Å²) in [7, 11) is 0. The lowest BCUT2D eigenvalue weighted by Gasteiger charge is -2.22. The highest BCUT2D eigenvalue weighted by atomic mass is 35.5. The topological polar surface area (TPSA) is 97.8 Å². The number of rotatable bonds is 3. The van der Waals surface area contributed by atoms with Crippen LogP contribution in [0.3, 0.4) is 0 Å². The fraction of sp³-hybridized carbons (Fsp3) is 0.412. The summed E-state index contributed by atoms with van der Waals surface area (Å²) in [6.07, 6.45) is 1.66. The van der Waals surface area contributed by atoms with Gasteiger partial charge < -0.3 is 25.0 Å². The number of halogens is 3. The zero-order valence-corrected chi connectivity index (χ0v) is 15.0. The lowest BCUT2D eigenvalue weighted by Crippen LogP contribution is -2.28. The predicted octanol–water partition coefficient (Wildman–Crippen LogP) is 2.63. The molecule has 2 aliphatic rings. The van der Waals surface area contributed by atoms with Crippen molar-refractivity contribution in [3.63, 3.8) is 0 Å². The van der Waals surface area contributed by atoms with Crippen molar-refractivity contribution in [2.24, 2.45) is 5.73 Å². The van der Waals surface area contributed by atoms with Crippen molar-refractivity contribution in [1.82, 2.24) is 4.57 Å².